The summed E-state index contributed by atoms with van der Waals surface area (Å²) in [7, 11) is -1.66. The van der Waals surface area contributed by atoms with Crippen LogP contribution in [0.15, 0.2) is 29.2 Å². The minimum absolute atomic E-state index is 0.0727. The fourth-order valence-corrected chi connectivity index (χ4v) is 4.28. The molecule has 0 aliphatic rings. The first-order valence-corrected chi connectivity index (χ1v) is 9.04. The highest BCUT2D eigenvalue weighted by atomic mass is 32.2. The summed E-state index contributed by atoms with van der Waals surface area (Å²) in [6.07, 6.45) is 0.661. The van der Waals surface area contributed by atoms with Crippen LogP contribution < -0.4 is 10.5 Å². The SMILES string of the molecule is COCCC(C)NS(=O)(=O)CCSc1ccccc1N. The molecule has 0 bridgehead atoms. The molecule has 1 unspecified atom stereocenters. The number of nitrogen functional groups attached to an aromatic ring is 1. The van der Waals surface area contributed by atoms with Gasteiger partial charge < -0.3 is 10.5 Å². The van der Waals surface area contributed by atoms with Crippen LogP contribution in [-0.4, -0.2) is 39.7 Å². The minimum Gasteiger partial charge on any atom is -0.398 e. The van der Waals surface area contributed by atoms with Crippen molar-refractivity contribution >= 4 is 27.5 Å². The van der Waals surface area contributed by atoms with Gasteiger partial charge in [-0.15, -0.1) is 11.8 Å². The maximum Gasteiger partial charge on any atom is 0.212 e. The largest absolute Gasteiger partial charge is 0.398 e. The zero-order valence-corrected chi connectivity index (χ0v) is 13.5. The predicted octanol–water partition coefficient (Wildman–Crippen LogP) is 1.71. The molecule has 0 radical (unpaired) electrons. The third kappa shape index (κ3) is 6.60. The lowest BCUT2D eigenvalue weighted by atomic mass is 10.3. The monoisotopic (exact) mass is 318 g/mol. The number of anilines is 1. The molecule has 1 aromatic carbocycles. The molecule has 1 rings (SSSR count). The first-order chi connectivity index (χ1) is 9.44. The zero-order chi connectivity index (χ0) is 15.0. The molecule has 0 fully saturated rings. The van der Waals surface area contributed by atoms with Gasteiger partial charge in [-0.2, -0.15) is 0 Å². The number of para-hydroxylation sites is 1. The molecule has 1 atom stereocenters. The van der Waals surface area contributed by atoms with Crippen LogP contribution >= 0.6 is 11.8 Å². The molecule has 0 heterocycles. The van der Waals surface area contributed by atoms with Gasteiger partial charge in [0.2, 0.25) is 10.0 Å². The Bertz CT molecular complexity index is 506. The molecule has 1 aromatic rings. The number of hydrogen-bond acceptors (Lipinski definition) is 5. The second kappa shape index (κ2) is 8.51. The van der Waals surface area contributed by atoms with E-state index < -0.39 is 10.0 Å². The van der Waals surface area contributed by atoms with Crippen molar-refractivity contribution < 1.29 is 13.2 Å². The molecule has 0 aliphatic carbocycles. The smallest absolute Gasteiger partial charge is 0.212 e. The average Bonchev–Trinajstić information content (AvgIpc) is 2.38. The Labute approximate surface area is 125 Å². The second-order valence-corrected chi connectivity index (χ2v) is 7.52. The molecule has 5 nitrogen and oxygen atoms in total. The highest BCUT2D eigenvalue weighted by molar-refractivity contribution is 8.00. The van der Waals surface area contributed by atoms with E-state index in [2.05, 4.69) is 4.72 Å². The summed E-state index contributed by atoms with van der Waals surface area (Å²) >= 11 is 1.45. The Morgan fingerprint density at radius 1 is 1.40 bits per heavy atom. The van der Waals surface area contributed by atoms with Gasteiger partial charge in [0, 0.05) is 36.1 Å². The van der Waals surface area contributed by atoms with Gasteiger partial charge >= 0.3 is 0 Å². The number of thioether (sulfide) groups is 1. The predicted molar refractivity (Wildman–Crippen MR) is 84.5 cm³/mol. The summed E-state index contributed by atoms with van der Waals surface area (Å²) < 4.78 is 31.3. The van der Waals surface area contributed by atoms with Crippen LogP contribution in [-0.2, 0) is 14.8 Å². The van der Waals surface area contributed by atoms with Crippen LogP contribution in [0.4, 0.5) is 5.69 Å². The molecule has 0 aromatic heterocycles. The van der Waals surface area contributed by atoms with Gasteiger partial charge in [-0.1, -0.05) is 12.1 Å². The van der Waals surface area contributed by atoms with Gasteiger partial charge in [0.15, 0.2) is 0 Å². The fourth-order valence-electron chi connectivity index (χ4n) is 1.59. The van der Waals surface area contributed by atoms with Crippen molar-refractivity contribution in [3.63, 3.8) is 0 Å². The van der Waals surface area contributed by atoms with Crippen LogP contribution in [0, 0.1) is 0 Å². The van der Waals surface area contributed by atoms with Crippen molar-refractivity contribution in [2.45, 2.75) is 24.3 Å². The quantitative estimate of drug-likeness (QED) is 0.535. The van der Waals surface area contributed by atoms with Crippen LogP contribution in [0.3, 0.4) is 0 Å². The zero-order valence-electron chi connectivity index (χ0n) is 11.8. The Balaban J connectivity index is 2.38. The summed E-state index contributed by atoms with van der Waals surface area (Å²) in [5.74, 6) is 0.546. The number of nitrogens with two attached hydrogens (primary N) is 1. The van der Waals surface area contributed by atoms with Crippen molar-refractivity contribution in [3.05, 3.63) is 24.3 Å². The number of ether oxygens (including phenoxy) is 1. The molecule has 0 spiro atoms. The second-order valence-electron chi connectivity index (χ2n) is 4.51. The summed E-state index contributed by atoms with van der Waals surface area (Å²) in [6, 6.07) is 7.32. The van der Waals surface area contributed by atoms with Crippen molar-refractivity contribution in [1.82, 2.24) is 4.72 Å². The highest BCUT2D eigenvalue weighted by Gasteiger charge is 2.14. The van der Waals surface area contributed by atoms with Gasteiger partial charge in [0.25, 0.3) is 0 Å². The van der Waals surface area contributed by atoms with Crippen molar-refractivity contribution in [3.8, 4) is 0 Å². The van der Waals surface area contributed by atoms with Crippen molar-refractivity contribution in [2.75, 3.05) is 31.0 Å². The van der Waals surface area contributed by atoms with E-state index in [1.54, 1.807) is 7.11 Å². The fraction of sp³-hybridized carbons (Fsp3) is 0.538. The lowest BCUT2D eigenvalue weighted by Crippen LogP contribution is -2.35. The summed E-state index contributed by atoms with van der Waals surface area (Å²) in [5.41, 5.74) is 6.48. The van der Waals surface area contributed by atoms with E-state index in [0.717, 1.165) is 4.90 Å². The standard InChI is InChI=1S/C13H22N2O3S2/c1-11(7-8-18-2)15-20(16,17)10-9-19-13-6-4-3-5-12(13)14/h3-6,11,15H,7-10,14H2,1-2H3. The van der Waals surface area contributed by atoms with Crippen LogP contribution in [0.2, 0.25) is 0 Å². The van der Waals surface area contributed by atoms with Gasteiger partial charge in [-0.3, -0.25) is 0 Å². The maximum atomic E-state index is 11.9. The highest BCUT2D eigenvalue weighted by Crippen LogP contribution is 2.24. The molecule has 3 N–H and O–H groups in total. The summed E-state index contributed by atoms with van der Waals surface area (Å²) in [5, 5.41) is 0. The molecular weight excluding hydrogens is 296 g/mol. The normalized spacial score (nSPS) is 13.3. The molecule has 20 heavy (non-hydrogen) atoms. The van der Waals surface area contributed by atoms with E-state index in [0.29, 0.717) is 24.5 Å². The van der Waals surface area contributed by atoms with Gasteiger partial charge in [-0.05, 0) is 25.5 Å². The van der Waals surface area contributed by atoms with E-state index in [9.17, 15) is 8.42 Å². The number of sulfonamides is 1. The molecule has 0 saturated heterocycles. The topological polar surface area (TPSA) is 81.4 Å². The van der Waals surface area contributed by atoms with Crippen LogP contribution in [0.25, 0.3) is 0 Å². The number of hydrogen-bond donors (Lipinski definition) is 2. The minimum atomic E-state index is -3.26. The molecule has 114 valence electrons. The molecule has 0 saturated carbocycles. The third-order valence-corrected chi connectivity index (χ3v) is 5.52. The molecule has 0 amide bonds. The molecular formula is C13H22N2O3S2. The lowest BCUT2D eigenvalue weighted by Gasteiger charge is -2.13. The van der Waals surface area contributed by atoms with Gasteiger partial charge in [0.1, 0.15) is 0 Å². The first kappa shape index (κ1) is 17.3. The Morgan fingerprint density at radius 3 is 2.75 bits per heavy atom. The van der Waals surface area contributed by atoms with E-state index in [-0.39, 0.29) is 11.8 Å². The number of benzene rings is 1. The van der Waals surface area contributed by atoms with Crippen molar-refractivity contribution in [2.24, 2.45) is 0 Å². The average molecular weight is 318 g/mol. The van der Waals surface area contributed by atoms with Crippen molar-refractivity contribution in [1.29, 1.82) is 0 Å². The van der Waals surface area contributed by atoms with Crippen LogP contribution in [0.5, 0.6) is 0 Å². The van der Waals surface area contributed by atoms with Crippen LogP contribution in [0.1, 0.15) is 13.3 Å². The Morgan fingerprint density at radius 2 is 2.10 bits per heavy atom. The summed E-state index contributed by atoms with van der Waals surface area (Å²) in [4.78, 5) is 0.912. The Kier molecular flexibility index (Phi) is 7.36. The van der Waals surface area contributed by atoms with Gasteiger partial charge in [-0.25, -0.2) is 13.1 Å². The third-order valence-electron chi connectivity index (χ3n) is 2.66. The summed E-state index contributed by atoms with van der Waals surface area (Å²) in [6.45, 7) is 2.37. The number of nitrogens with one attached hydrogen (secondary N) is 1. The van der Waals surface area contributed by atoms with E-state index in [1.807, 2.05) is 31.2 Å². The van der Waals surface area contributed by atoms with E-state index >= 15 is 0 Å². The molecule has 0 aliphatic heterocycles. The van der Waals surface area contributed by atoms with Gasteiger partial charge in [0.05, 0.1) is 5.75 Å². The Hall–Kier alpha value is -0.760. The number of methoxy groups -OCH3 is 1. The van der Waals surface area contributed by atoms with E-state index in [4.69, 9.17) is 10.5 Å². The lowest BCUT2D eigenvalue weighted by molar-refractivity contribution is 0.188. The molecule has 7 heteroatoms. The van der Waals surface area contributed by atoms with E-state index in [1.165, 1.54) is 11.8 Å². The number of rotatable bonds is 9. The maximum absolute atomic E-state index is 11.9. The first-order valence-electron chi connectivity index (χ1n) is 6.41.